The fourth-order valence-electron chi connectivity index (χ4n) is 1.31. The van der Waals surface area contributed by atoms with E-state index in [0.29, 0.717) is 0 Å². The van der Waals surface area contributed by atoms with Crippen LogP contribution in [0, 0.1) is 0 Å². The zero-order chi connectivity index (χ0) is 14.5. The van der Waals surface area contributed by atoms with Gasteiger partial charge in [-0.2, -0.15) is 0 Å². The number of aromatic nitrogens is 2. The number of halogens is 1. The SMILES string of the molecule is CSc1nnc(S[C@@H](C)C(=O)Nc2ccc(Br)cc2)s1. The normalized spacial score (nSPS) is 12.2. The van der Waals surface area contributed by atoms with Crippen LogP contribution in [-0.2, 0) is 4.79 Å². The highest BCUT2D eigenvalue weighted by Crippen LogP contribution is 2.30. The van der Waals surface area contributed by atoms with Gasteiger partial charge in [-0.05, 0) is 37.4 Å². The molecule has 0 saturated heterocycles. The number of hydrogen-bond acceptors (Lipinski definition) is 6. The predicted octanol–water partition coefficient (Wildman–Crippen LogP) is 4.14. The average molecular weight is 390 g/mol. The third kappa shape index (κ3) is 4.47. The molecule has 8 heteroatoms. The van der Waals surface area contributed by atoms with Crippen molar-refractivity contribution in [3.63, 3.8) is 0 Å². The molecule has 1 atom stereocenters. The first-order chi connectivity index (χ1) is 9.58. The lowest BCUT2D eigenvalue weighted by Crippen LogP contribution is -2.22. The highest BCUT2D eigenvalue weighted by molar-refractivity contribution is 9.10. The largest absolute Gasteiger partial charge is 0.325 e. The smallest absolute Gasteiger partial charge is 0.237 e. The minimum atomic E-state index is -0.221. The third-order valence-electron chi connectivity index (χ3n) is 2.32. The van der Waals surface area contributed by atoms with Crippen molar-refractivity contribution in [3.05, 3.63) is 28.7 Å². The third-order valence-corrected chi connectivity index (χ3v) is 5.93. The molecule has 4 nitrogen and oxygen atoms in total. The highest BCUT2D eigenvalue weighted by atomic mass is 79.9. The Labute approximate surface area is 138 Å². The van der Waals surface area contributed by atoms with E-state index in [2.05, 4.69) is 31.4 Å². The average Bonchev–Trinajstić information content (AvgIpc) is 2.89. The number of rotatable bonds is 5. The van der Waals surface area contributed by atoms with E-state index in [0.717, 1.165) is 18.8 Å². The zero-order valence-electron chi connectivity index (χ0n) is 10.8. The van der Waals surface area contributed by atoms with Crippen molar-refractivity contribution in [2.45, 2.75) is 20.9 Å². The molecule has 0 bridgehead atoms. The number of hydrogen-bond donors (Lipinski definition) is 1. The van der Waals surface area contributed by atoms with E-state index in [1.165, 1.54) is 23.1 Å². The van der Waals surface area contributed by atoms with Crippen LogP contribution >= 0.6 is 50.8 Å². The minimum Gasteiger partial charge on any atom is -0.325 e. The number of anilines is 1. The van der Waals surface area contributed by atoms with Crippen LogP contribution in [0.2, 0.25) is 0 Å². The molecular formula is C12H12BrN3OS3. The van der Waals surface area contributed by atoms with Crippen LogP contribution in [0.5, 0.6) is 0 Å². The molecule has 0 radical (unpaired) electrons. The molecule has 20 heavy (non-hydrogen) atoms. The Morgan fingerprint density at radius 3 is 2.55 bits per heavy atom. The number of carbonyl (C=O) groups excluding carboxylic acids is 1. The van der Waals surface area contributed by atoms with Crippen LogP contribution in [0.3, 0.4) is 0 Å². The summed E-state index contributed by atoms with van der Waals surface area (Å²) in [5, 5.41) is 10.7. The fourth-order valence-corrected chi connectivity index (χ4v) is 4.16. The molecule has 106 valence electrons. The Kier molecular flexibility index (Phi) is 5.88. The number of nitrogens with zero attached hydrogens (tertiary/aromatic N) is 2. The predicted molar refractivity (Wildman–Crippen MR) is 89.8 cm³/mol. The summed E-state index contributed by atoms with van der Waals surface area (Å²) in [6.45, 7) is 1.86. The lowest BCUT2D eigenvalue weighted by molar-refractivity contribution is -0.115. The maximum atomic E-state index is 12.1. The van der Waals surface area contributed by atoms with Gasteiger partial charge in [0.25, 0.3) is 0 Å². The van der Waals surface area contributed by atoms with E-state index >= 15 is 0 Å². The van der Waals surface area contributed by atoms with E-state index < -0.39 is 0 Å². The van der Waals surface area contributed by atoms with Gasteiger partial charge >= 0.3 is 0 Å². The summed E-state index contributed by atoms with van der Waals surface area (Å²) in [6.07, 6.45) is 1.96. The van der Waals surface area contributed by atoms with Gasteiger partial charge in [0.2, 0.25) is 5.91 Å². The van der Waals surface area contributed by atoms with Crippen LogP contribution in [0.4, 0.5) is 5.69 Å². The van der Waals surface area contributed by atoms with E-state index in [9.17, 15) is 4.79 Å². The van der Waals surface area contributed by atoms with Gasteiger partial charge in [0.1, 0.15) is 0 Å². The second-order valence-electron chi connectivity index (χ2n) is 3.79. The summed E-state index contributed by atoms with van der Waals surface area (Å²) in [7, 11) is 0. The number of thioether (sulfide) groups is 2. The summed E-state index contributed by atoms with van der Waals surface area (Å²) in [5.41, 5.74) is 0.785. The van der Waals surface area contributed by atoms with Gasteiger partial charge in [-0.25, -0.2) is 0 Å². The van der Waals surface area contributed by atoms with Gasteiger partial charge in [0.05, 0.1) is 5.25 Å². The molecule has 0 unspecified atom stereocenters. The van der Waals surface area contributed by atoms with Crippen molar-refractivity contribution in [1.82, 2.24) is 10.2 Å². The molecule has 0 aliphatic rings. The Hall–Kier alpha value is -0.570. The molecule has 1 N–H and O–H groups in total. The molecular weight excluding hydrogens is 378 g/mol. The van der Waals surface area contributed by atoms with Gasteiger partial charge in [-0.1, -0.05) is 50.8 Å². The lowest BCUT2D eigenvalue weighted by Gasteiger charge is -2.10. The quantitative estimate of drug-likeness (QED) is 0.778. The number of carbonyl (C=O) groups is 1. The Bertz CT molecular complexity index is 588. The first-order valence-electron chi connectivity index (χ1n) is 5.69. The molecule has 0 aliphatic heterocycles. The second kappa shape index (κ2) is 7.44. The van der Waals surface area contributed by atoms with Crippen molar-refractivity contribution < 1.29 is 4.79 Å². The maximum absolute atomic E-state index is 12.1. The second-order valence-corrected chi connectivity index (χ2v) is 8.33. The summed E-state index contributed by atoms with van der Waals surface area (Å²) in [4.78, 5) is 12.1. The van der Waals surface area contributed by atoms with Gasteiger partial charge in [0.15, 0.2) is 8.68 Å². The zero-order valence-corrected chi connectivity index (χ0v) is 14.8. The molecule has 0 aliphatic carbocycles. The number of nitrogens with one attached hydrogen (secondary N) is 1. The van der Waals surface area contributed by atoms with E-state index in [4.69, 9.17) is 0 Å². The van der Waals surface area contributed by atoms with E-state index in [1.54, 1.807) is 11.8 Å². The molecule has 0 spiro atoms. The Morgan fingerprint density at radius 1 is 1.30 bits per heavy atom. The minimum absolute atomic E-state index is 0.0433. The molecule has 1 amide bonds. The molecule has 1 aromatic carbocycles. The van der Waals surface area contributed by atoms with E-state index in [-0.39, 0.29) is 11.2 Å². The van der Waals surface area contributed by atoms with Gasteiger partial charge in [-0.3, -0.25) is 4.79 Å². The summed E-state index contributed by atoms with van der Waals surface area (Å²) in [5.74, 6) is -0.0433. The van der Waals surface area contributed by atoms with Gasteiger partial charge in [0, 0.05) is 10.2 Å². The Morgan fingerprint density at radius 2 is 1.95 bits per heavy atom. The molecule has 1 aromatic heterocycles. The first-order valence-corrected chi connectivity index (χ1v) is 9.40. The van der Waals surface area contributed by atoms with Crippen molar-refractivity contribution in [2.75, 3.05) is 11.6 Å². The van der Waals surface area contributed by atoms with Crippen molar-refractivity contribution in [1.29, 1.82) is 0 Å². The van der Waals surface area contributed by atoms with Crippen molar-refractivity contribution in [2.24, 2.45) is 0 Å². The van der Waals surface area contributed by atoms with Crippen molar-refractivity contribution in [3.8, 4) is 0 Å². The van der Waals surface area contributed by atoms with Crippen LogP contribution in [0.1, 0.15) is 6.92 Å². The van der Waals surface area contributed by atoms with Crippen LogP contribution in [0.15, 0.2) is 37.4 Å². The van der Waals surface area contributed by atoms with Crippen LogP contribution in [-0.4, -0.2) is 27.6 Å². The van der Waals surface area contributed by atoms with Crippen LogP contribution in [0.25, 0.3) is 0 Å². The topological polar surface area (TPSA) is 54.9 Å². The van der Waals surface area contributed by atoms with Crippen LogP contribution < -0.4 is 5.32 Å². The van der Waals surface area contributed by atoms with E-state index in [1.807, 2.05) is 37.4 Å². The fraction of sp³-hybridized carbons (Fsp3) is 0.250. The number of amides is 1. The molecule has 0 fully saturated rings. The summed E-state index contributed by atoms with van der Waals surface area (Å²) in [6, 6.07) is 7.50. The molecule has 0 saturated carbocycles. The number of benzene rings is 1. The first kappa shape index (κ1) is 15.8. The standard InChI is InChI=1S/C12H12BrN3OS3/c1-7(19-12-16-15-11(18-2)20-12)10(17)14-9-5-3-8(13)4-6-9/h3-7H,1-2H3,(H,14,17)/t7-/m0/s1. The molecule has 2 rings (SSSR count). The molecule has 1 heterocycles. The van der Waals surface area contributed by atoms with Crippen molar-refractivity contribution >= 4 is 62.4 Å². The summed E-state index contributed by atoms with van der Waals surface area (Å²) < 4.78 is 2.71. The molecule has 2 aromatic rings. The maximum Gasteiger partial charge on any atom is 0.237 e. The lowest BCUT2D eigenvalue weighted by atomic mass is 10.3. The van der Waals surface area contributed by atoms with Gasteiger partial charge < -0.3 is 5.32 Å². The summed E-state index contributed by atoms with van der Waals surface area (Å²) >= 11 is 7.84. The Balaban J connectivity index is 1.93. The van der Waals surface area contributed by atoms with Gasteiger partial charge in [-0.15, -0.1) is 10.2 Å². The monoisotopic (exact) mass is 389 g/mol. The highest BCUT2D eigenvalue weighted by Gasteiger charge is 2.17.